The molecule has 1 rings (SSSR count). The van der Waals surface area contributed by atoms with E-state index >= 15 is 0 Å². The number of nitrogens with one attached hydrogen (secondary N) is 1. The molecule has 0 heterocycles. The molecule has 1 aromatic carbocycles. The van der Waals surface area contributed by atoms with Gasteiger partial charge in [0.05, 0.1) is 11.6 Å². The molecule has 0 aliphatic heterocycles. The molecule has 22 heavy (non-hydrogen) atoms. The van der Waals surface area contributed by atoms with Gasteiger partial charge in [0.2, 0.25) is 5.91 Å². The maximum atomic E-state index is 11.9. The van der Waals surface area contributed by atoms with Crippen LogP contribution in [0.3, 0.4) is 0 Å². The van der Waals surface area contributed by atoms with Gasteiger partial charge in [0.1, 0.15) is 6.42 Å². The smallest absolute Gasteiger partial charge is 0.338 e. The maximum Gasteiger partial charge on any atom is 0.338 e. The van der Waals surface area contributed by atoms with Gasteiger partial charge in [0.25, 0.3) is 5.91 Å². The van der Waals surface area contributed by atoms with Crippen molar-refractivity contribution in [3.8, 4) is 6.07 Å². The van der Waals surface area contributed by atoms with Crippen molar-refractivity contribution in [2.24, 2.45) is 0 Å². The Balaban J connectivity index is 2.66. The first-order valence-corrected chi connectivity index (χ1v) is 6.54. The number of anilines is 1. The Morgan fingerprint density at radius 3 is 2.36 bits per heavy atom. The van der Waals surface area contributed by atoms with Crippen LogP contribution in [-0.2, 0) is 14.3 Å². The minimum atomic E-state index is -0.877. The molecule has 1 atom stereocenters. The highest BCUT2D eigenvalue weighted by molar-refractivity contribution is 5.94. The second-order valence-corrected chi connectivity index (χ2v) is 4.74. The molecule has 0 aliphatic rings. The highest BCUT2D eigenvalue weighted by Gasteiger charge is 2.20. The van der Waals surface area contributed by atoms with Crippen LogP contribution in [-0.4, -0.2) is 42.9 Å². The number of esters is 1. The first-order chi connectivity index (χ1) is 10.3. The van der Waals surface area contributed by atoms with E-state index in [2.05, 4.69) is 5.32 Å². The fourth-order valence-corrected chi connectivity index (χ4v) is 1.61. The van der Waals surface area contributed by atoms with Crippen LogP contribution in [0, 0.1) is 11.3 Å². The molecule has 2 amide bonds. The van der Waals surface area contributed by atoms with Crippen LogP contribution >= 0.6 is 0 Å². The third-order valence-corrected chi connectivity index (χ3v) is 2.72. The van der Waals surface area contributed by atoms with Gasteiger partial charge in [0.15, 0.2) is 6.10 Å². The highest BCUT2D eigenvalue weighted by atomic mass is 16.5. The zero-order valence-corrected chi connectivity index (χ0v) is 12.6. The van der Waals surface area contributed by atoms with Crippen LogP contribution in [0.1, 0.15) is 23.7 Å². The van der Waals surface area contributed by atoms with Gasteiger partial charge in [-0.15, -0.1) is 0 Å². The number of hydrogen-bond acceptors (Lipinski definition) is 5. The predicted octanol–water partition coefficient (Wildman–Crippen LogP) is 1.17. The standard InChI is InChI=1S/C15H17N3O4/c1-10(14(20)18(2)3)22-15(21)11-4-6-12(7-5-11)17-13(19)8-9-16/h4-7,10H,8H2,1-3H3,(H,17,19)/t10-/m1/s1. The lowest BCUT2D eigenvalue weighted by Crippen LogP contribution is -2.34. The number of rotatable bonds is 5. The average molecular weight is 303 g/mol. The summed E-state index contributed by atoms with van der Waals surface area (Å²) in [4.78, 5) is 36.1. The number of likely N-dealkylation sites (N-methyl/N-ethyl adjacent to an activating group) is 1. The van der Waals surface area contributed by atoms with E-state index in [0.717, 1.165) is 0 Å². The summed E-state index contributed by atoms with van der Waals surface area (Å²) in [5, 5.41) is 10.9. The molecule has 0 spiro atoms. The number of carbonyl (C=O) groups excluding carboxylic acids is 3. The second-order valence-electron chi connectivity index (χ2n) is 4.74. The monoisotopic (exact) mass is 303 g/mol. The number of carbonyl (C=O) groups is 3. The summed E-state index contributed by atoms with van der Waals surface area (Å²) >= 11 is 0. The third kappa shape index (κ3) is 4.90. The molecule has 7 heteroatoms. The number of benzene rings is 1. The van der Waals surface area contributed by atoms with Crippen LogP contribution < -0.4 is 5.32 Å². The lowest BCUT2D eigenvalue weighted by molar-refractivity contribution is -0.137. The topological polar surface area (TPSA) is 99.5 Å². The Bertz CT molecular complexity index is 602. The van der Waals surface area contributed by atoms with E-state index in [-0.39, 0.29) is 17.9 Å². The summed E-state index contributed by atoms with van der Waals surface area (Å²) in [5.74, 6) is -1.37. The van der Waals surface area contributed by atoms with Crippen molar-refractivity contribution >= 4 is 23.5 Å². The van der Waals surface area contributed by atoms with E-state index in [1.54, 1.807) is 20.2 Å². The quantitative estimate of drug-likeness (QED) is 0.823. The van der Waals surface area contributed by atoms with Gasteiger partial charge >= 0.3 is 5.97 Å². The average Bonchev–Trinajstić information content (AvgIpc) is 2.47. The van der Waals surface area contributed by atoms with Crippen LogP contribution in [0.5, 0.6) is 0 Å². The number of ether oxygens (including phenoxy) is 1. The SMILES string of the molecule is C[C@@H](OC(=O)c1ccc(NC(=O)CC#N)cc1)C(=O)N(C)C. The van der Waals surface area contributed by atoms with Gasteiger partial charge in [-0.25, -0.2) is 4.79 Å². The van der Waals surface area contributed by atoms with Crippen molar-refractivity contribution in [2.75, 3.05) is 19.4 Å². The van der Waals surface area contributed by atoms with E-state index in [1.807, 2.05) is 0 Å². The Morgan fingerprint density at radius 2 is 1.86 bits per heavy atom. The normalized spacial score (nSPS) is 11.0. The van der Waals surface area contributed by atoms with Crippen molar-refractivity contribution in [3.05, 3.63) is 29.8 Å². The molecule has 0 bridgehead atoms. The van der Waals surface area contributed by atoms with Gasteiger partial charge in [-0.2, -0.15) is 5.26 Å². The van der Waals surface area contributed by atoms with Crippen LogP contribution in [0.15, 0.2) is 24.3 Å². The maximum absolute atomic E-state index is 11.9. The fourth-order valence-electron chi connectivity index (χ4n) is 1.61. The van der Waals surface area contributed by atoms with Gasteiger partial charge in [-0.05, 0) is 31.2 Å². The minimum absolute atomic E-state index is 0.242. The van der Waals surface area contributed by atoms with Gasteiger partial charge < -0.3 is 15.0 Å². The van der Waals surface area contributed by atoms with Crippen LogP contribution in [0.4, 0.5) is 5.69 Å². The molecule has 1 aromatic rings. The Labute approximate surface area is 128 Å². The summed E-state index contributed by atoms with van der Waals surface area (Å²) in [7, 11) is 3.15. The molecular weight excluding hydrogens is 286 g/mol. The van der Waals surface area contributed by atoms with Crippen molar-refractivity contribution < 1.29 is 19.1 Å². The molecule has 0 saturated carbocycles. The lowest BCUT2D eigenvalue weighted by Gasteiger charge is -2.17. The van der Waals surface area contributed by atoms with E-state index in [9.17, 15) is 14.4 Å². The Kier molecular flexibility index (Phi) is 6.08. The molecule has 7 nitrogen and oxygen atoms in total. The molecule has 116 valence electrons. The number of nitriles is 1. The van der Waals surface area contributed by atoms with Crippen molar-refractivity contribution in [1.82, 2.24) is 4.90 Å². The molecule has 0 aliphatic carbocycles. The first-order valence-electron chi connectivity index (χ1n) is 6.54. The van der Waals surface area contributed by atoms with Crippen molar-refractivity contribution in [2.45, 2.75) is 19.4 Å². The molecule has 0 aromatic heterocycles. The second kappa shape index (κ2) is 7.78. The summed E-state index contributed by atoms with van der Waals surface area (Å²) < 4.78 is 5.06. The van der Waals surface area contributed by atoms with E-state index in [1.165, 1.54) is 36.1 Å². The first kappa shape index (κ1) is 17.2. The fraction of sp³-hybridized carbons (Fsp3) is 0.333. The van der Waals surface area contributed by atoms with E-state index in [4.69, 9.17) is 10.00 Å². The van der Waals surface area contributed by atoms with Crippen molar-refractivity contribution in [1.29, 1.82) is 5.26 Å². The van der Waals surface area contributed by atoms with E-state index in [0.29, 0.717) is 5.69 Å². The van der Waals surface area contributed by atoms with E-state index < -0.39 is 18.0 Å². The summed E-state index contributed by atoms with van der Waals surface area (Å²) in [6.45, 7) is 1.50. The highest BCUT2D eigenvalue weighted by Crippen LogP contribution is 2.12. The zero-order chi connectivity index (χ0) is 16.7. The molecule has 0 unspecified atom stereocenters. The Hall–Kier alpha value is -2.88. The van der Waals surface area contributed by atoms with Crippen LogP contribution in [0.25, 0.3) is 0 Å². The molecule has 0 fully saturated rings. The Morgan fingerprint density at radius 1 is 1.27 bits per heavy atom. The molecule has 0 saturated heterocycles. The third-order valence-electron chi connectivity index (χ3n) is 2.72. The molecule has 0 radical (unpaired) electrons. The summed E-state index contributed by atoms with van der Waals surface area (Å²) in [6.07, 6.45) is -1.12. The van der Waals surface area contributed by atoms with Gasteiger partial charge in [-0.3, -0.25) is 9.59 Å². The largest absolute Gasteiger partial charge is 0.449 e. The number of nitrogens with zero attached hydrogens (tertiary/aromatic N) is 2. The lowest BCUT2D eigenvalue weighted by atomic mass is 10.2. The predicted molar refractivity (Wildman–Crippen MR) is 78.9 cm³/mol. The van der Waals surface area contributed by atoms with Crippen LogP contribution in [0.2, 0.25) is 0 Å². The van der Waals surface area contributed by atoms with Gasteiger partial charge in [-0.1, -0.05) is 0 Å². The summed E-state index contributed by atoms with van der Waals surface area (Å²) in [5.41, 5.74) is 0.728. The number of hydrogen-bond donors (Lipinski definition) is 1. The van der Waals surface area contributed by atoms with Gasteiger partial charge in [0, 0.05) is 19.8 Å². The van der Waals surface area contributed by atoms with Crippen molar-refractivity contribution in [3.63, 3.8) is 0 Å². The summed E-state index contributed by atoms with van der Waals surface area (Å²) in [6, 6.07) is 7.71. The zero-order valence-electron chi connectivity index (χ0n) is 12.6. The number of amides is 2. The minimum Gasteiger partial charge on any atom is -0.449 e. The molecular formula is C15H17N3O4. The molecule has 1 N–H and O–H groups in total.